The highest BCUT2D eigenvalue weighted by Crippen LogP contribution is 2.18. The number of aromatic nitrogens is 1. The first-order chi connectivity index (χ1) is 9.26. The number of alkyl halides is 1. The van der Waals surface area contributed by atoms with Crippen molar-refractivity contribution in [3.63, 3.8) is 0 Å². The molecule has 1 heterocycles. The molecule has 0 radical (unpaired) electrons. The van der Waals surface area contributed by atoms with Crippen molar-refractivity contribution in [3.8, 4) is 5.88 Å². The van der Waals surface area contributed by atoms with E-state index in [0.717, 1.165) is 27.3 Å². The molecule has 0 saturated heterocycles. The van der Waals surface area contributed by atoms with Crippen LogP contribution in [0.15, 0.2) is 29.1 Å². The summed E-state index contributed by atoms with van der Waals surface area (Å²) in [7, 11) is 0. The van der Waals surface area contributed by atoms with Gasteiger partial charge in [-0.15, -0.1) is 0 Å². The smallest absolute Gasteiger partial charge is 0.195 e. The fraction of sp³-hybridized carbons (Fsp3) is 0.400. The lowest BCUT2D eigenvalue weighted by Gasteiger charge is -2.08. The first-order valence-corrected chi connectivity index (χ1v) is 8.12. The van der Waals surface area contributed by atoms with Crippen LogP contribution in [0.5, 0.6) is 5.88 Å². The number of pyridine rings is 1. The summed E-state index contributed by atoms with van der Waals surface area (Å²) in [5.41, 5.74) is 2.08. The molecule has 19 heavy (non-hydrogen) atoms. The molecule has 0 spiro atoms. The van der Waals surface area contributed by atoms with E-state index in [2.05, 4.69) is 27.6 Å². The Morgan fingerprint density at radius 3 is 2.68 bits per heavy atom. The molecule has 4 heteroatoms. The molecule has 0 amide bonds. The largest absolute Gasteiger partial charge is 0.479 e. The summed E-state index contributed by atoms with van der Waals surface area (Å²) in [6.07, 6.45) is 0.948. The average Bonchev–Trinajstić information content (AvgIpc) is 2.43. The lowest BCUT2D eigenvalue weighted by molar-refractivity contribution is 0.328. The molecular weight excluding hydrogens is 353 g/mol. The maximum Gasteiger partial charge on any atom is 0.195 e. The number of nitrogens with one attached hydrogen (secondary N) is 1. The number of fused-ring (bicyclic) bond motifs is 1. The second-order valence-corrected chi connectivity index (χ2v) is 4.79. The normalized spacial score (nSPS) is 9.89. The third-order valence-electron chi connectivity index (χ3n) is 2.59. The lowest BCUT2D eigenvalue weighted by Crippen LogP contribution is -2.06. The maximum absolute atomic E-state index is 11.9. The number of halogens is 1. The Morgan fingerprint density at radius 2 is 2.05 bits per heavy atom. The van der Waals surface area contributed by atoms with E-state index < -0.39 is 0 Å². The summed E-state index contributed by atoms with van der Waals surface area (Å²) in [5, 5.41) is 0.732. The fourth-order valence-electron chi connectivity index (χ4n) is 1.85. The summed E-state index contributed by atoms with van der Waals surface area (Å²) in [6, 6.07) is 7.34. The van der Waals surface area contributed by atoms with E-state index in [9.17, 15) is 4.79 Å². The SMILES string of the molecule is CC.CCOc1cc(=O)c2cccc(CCI)c2[nH]1. The number of aromatic amines is 1. The van der Waals surface area contributed by atoms with Gasteiger partial charge in [-0.2, -0.15) is 0 Å². The van der Waals surface area contributed by atoms with Gasteiger partial charge in [-0.1, -0.05) is 48.6 Å². The molecule has 3 nitrogen and oxygen atoms in total. The molecule has 0 saturated carbocycles. The minimum Gasteiger partial charge on any atom is -0.479 e. The third-order valence-corrected chi connectivity index (χ3v) is 3.13. The van der Waals surface area contributed by atoms with E-state index in [1.807, 2.05) is 39.0 Å². The molecule has 0 unspecified atom stereocenters. The number of aryl methyl sites for hydroxylation is 1. The van der Waals surface area contributed by atoms with Gasteiger partial charge in [0.1, 0.15) is 0 Å². The number of hydrogen-bond acceptors (Lipinski definition) is 2. The van der Waals surface area contributed by atoms with Gasteiger partial charge in [0.25, 0.3) is 0 Å². The Labute approximate surface area is 127 Å². The fourth-order valence-corrected chi connectivity index (χ4v) is 2.43. The van der Waals surface area contributed by atoms with Crippen molar-refractivity contribution in [1.29, 1.82) is 0 Å². The Kier molecular flexibility index (Phi) is 6.91. The molecule has 1 N–H and O–H groups in total. The van der Waals surface area contributed by atoms with E-state index >= 15 is 0 Å². The van der Waals surface area contributed by atoms with E-state index in [0.29, 0.717) is 12.5 Å². The van der Waals surface area contributed by atoms with Crippen LogP contribution in [0.3, 0.4) is 0 Å². The van der Waals surface area contributed by atoms with Crippen molar-refractivity contribution in [2.75, 3.05) is 11.0 Å². The monoisotopic (exact) mass is 373 g/mol. The minimum atomic E-state index is 0.0116. The highest BCUT2D eigenvalue weighted by atomic mass is 127. The van der Waals surface area contributed by atoms with Gasteiger partial charge < -0.3 is 9.72 Å². The molecule has 2 rings (SSSR count). The molecule has 0 atom stereocenters. The molecule has 0 aliphatic rings. The number of para-hydroxylation sites is 1. The molecule has 2 aromatic rings. The van der Waals surface area contributed by atoms with Crippen molar-refractivity contribution >= 4 is 33.5 Å². The predicted molar refractivity (Wildman–Crippen MR) is 89.7 cm³/mol. The van der Waals surface area contributed by atoms with Crippen molar-refractivity contribution in [2.24, 2.45) is 0 Å². The molecule has 104 valence electrons. The summed E-state index contributed by atoms with van der Waals surface area (Å²) in [5.74, 6) is 0.547. The molecule has 1 aromatic carbocycles. The van der Waals surface area contributed by atoms with E-state index in [4.69, 9.17) is 4.74 Å². The van der Waals surface area contributed by atoms with Gasteiger partial charge in [-0.25, -0.2) is 0 Å². The van der Waals surface area contributed by atoms with E-state index in [1.165, 1.54) is 6.07 Å². The number of H-pyrrole nitrogens is 1. The summed E-state index contributed by atoms with van der Waals surface area (Å²) in [6.45, 7) is 6.45. The number of benzene rings is 1. The van der Waals surface area contributed by atoms with Crippen LogP contribution in [0.1, 0.15) is 26.3 Å². The number of hydrogen-bond donors (Lipinski definition) is 1. The summed E-state index contributed by atoms with van der Waals surface area (Å²) >= 11 is 2.33. The highest BCUT2D eigenvalue weighted by Gasteiger charge is 2.06. The number of rotatable bonds is 4. The molecule has 0 bridgehead atoms. The van der Waals surface area contributed by atoms with Crippen LogP contribution in [0.2, 0.25) is 0 Å². The Morgan fingerprint density at radius 1 is 1.32 bits per heavy atom. The van der Waals surface area contributed by atoms with Gasteiger partial charge in [0.05, 0.1) is 12.1 Å². The molecular formula is C15H20INO2. The van der Waals surface area contributed by atoms with Gasteiger partial charge >= 0.3 is 0 Å². The first-order valence-electron chi connectivity index (χ1n) is 6.60. The van der Waals surface area contributed by atoms with Crippen LogP contribution in [0, 0.1) is 0 Å². The molecule has 0 aliphatic heterocycles. The van der Waals surface area contributed by atoms with Crippen LogP contribution in [0.25, 0.3) is 10.9 Å². The zero-order valence-corrected chi connectivity index (χ0v) is 13.8. The minimum absolute atomic E-state index is 0.0116. The standard InChI is InChI=1S/C13H14INO2.C2H6/c1-2-17-12-8-11(16)10-5-3-4-9(6-7-14)13(10)15-12;1-2/h3-5,8H,2,6-7H2,1H3,(H,15,16);1-2H3. The van der Waals surface area contributed by atoms with Gasteiger partial charge in [-0.05, 0) is 25.0 Å². The quantitative estimate of drug-likeness (QED) is 0.652. The van der Waals surface area contributed by atoms with Crippen LogP contribution >= 0.6 is 22.6 Å². The molecule has 0 aliphatic carbocycles. The summed E-state index contributed by atoms with van der Waals surface area (Å²) < 4.78 is 6.40. The molecule has 0 fully saturated rings. The number of ether oxygens (including phenoxy) is 1. The zero-order chi connectivity index (χ0) is 14.3. The van der Waals surface area contributed by atoms with Gasteiger partial charge in [0.2, 0.25) is 0 Å². The van der Waals surface area contributed by atoms with Crippen LogP contribution in [-0.2, 0) is 6.42 Å². The van der Waals surface area contributed by atoms with Crippen molar-refractivity contribution in [3.05, 3.63) is 40.1 Å². The van der Waals surface area contributed by atoms with Crippen LogP contribution in [0.4, 0.5) is 0 Å². The predicted octanol–water partition coefficient (Wildman–Crippen LogP) is 3.93. The summed E-state index contributed by atoms with van der Waals surface area (Å²) in [4.78, 5) is 15.1. The maximum atomic E-state index is 11.9. The van der Waals surface area contributed by atoms with E-state index in [-0.39, 0.29) is 5.43 Å². The molecule has 1 aromatic heterocycles. The van der Waals surface area contributed by atoms with Crippen molar-refractivity contribution in [1.82, 2.24) is 4.98 Å². The Hall–Kier alpha value is -1.04. The first kappa shape index (κ1) is 16.0. The second-order valence-electron chi connectivity index (χ2n) is 3.71. The topological polar surface area (TPSA) is 42.1 Å². The average molecular weight is 373 g/mol. The van der Waals surface area contributed by atoms with Crippen LogP contribution < -0.4 is 10.2 Å². The van der Waals surface area contributed by atoms with Crippen LogP contribution in [-0.4, -0.2) is 16.0 Å². The second kappa shape index (κ2) is 8.19. The van der Waals surface area contributed by atoms with Gasteiger partial charge in [-0.3, -0.25) is 4.79 Å². The highest BCUT2D eigenvalue weighted by molar-refractivity contribution is 14.1. The van der Waals surface area contributed by atoms with Crippen molar-refractivity contribution in [2.45, 2.75) is 27.2 Å². The Bertz CT molecular complexity index is 578. The van der Waals surface area contributed by atoms with E-state index in [1.54, 1.807) is 0 Å². The zero-order valence-electron chi connectivity index (χ0n) is 11.6. The third kappa shape index (κ3) is 3.96. The van der Waals surface area contributed by atoms with Gasteiger partial charge in [0, 0.05) is 15.9 Å². The van der Waals surface area contributed by atoms with Crippen molar-refractivity contribution < 1.29 is 4.74 Å². The lowest BCUT2D eigenvalue weighted by atomic mass is 10.1. The van der Waals surface area contributed by atoms with Gasteiger partial charge in [0.15, 0.2) is 11.3 Å². The Balaban J connectivity index is 0.000000861.